The van der Waals surface area contributed by atoms with Crippen molar-refractivity contribution in [3.8, 4) is 0 Å². The standard InChI is InChI=1S/C20H31N3O/c1-16-6-10-21-14-20(16)18-4-2-17(3-5-18)7-11-22-19-8-12-23(15-24)13-9-19/h6,10,14-15,17-19,22H,2-5,7-9,11-13H2,1H3. The van der Waals surface area contributed by atoms with E-state index in [1.165, 1.54) is 43.2 Å². The molecule has 1 aliphatic carbocycles. The Hall–Kier alpha value is -1.42. The fourth-order valence-electron chi connectivity index (χ4n) is 4.37. The zero-order valence-electron chi connectivity index (χ0n) is 14.9. The molecule has 1 saturated heterocycles. The fraction of sp³-hybridized carbons (Fsp3) is 0.700. The van der Waals surface area contributed by atoms with Crippen LogP contribution in [0, 0.1) is 12.8 Å². The highest BCUT2D eigenvalue weighted by Crippen LogP contribution is 2.37. The van der Waals surface area contributed by atoms with Gasteiger partial charge in [0, 0.05) is 31.5 Å². The number of rotatable bonds is 6. The summed E-state index contributed by atoms with van der Waals surface area (Å²) in [6.45, 7) is 5.17. The number of aryl methyl sites for hydroxylation is 1. The monoisotopic (exact) mass is 329 g/mol. The first-order valence-electron chi connectivity index (χ1n) is 9.59. The fourth-order valence-corrected chi connectivity index (χ4v) is 4.37. The lowest BCUT2D eigenvalue weighted by atomic mass is 9.77. The largest absolute Gasteiger partial charge is 0.345 e. The van der Waals surface area contributed by atoms with Crippen LogP contribution >= 0.6 is 0 Å². The molecule has 4 nitrogen and oxygen atoms in total. The summed E-state index contributed by atoms with van der Waals surface area (Å²) in [5.74, 6) is 1.59. The Balaban J connectivity index is 1.34. The Bertz CT molecular complexity index is 517. The molecule has 4 heteroatoms. The molecule has 0 atom stereocenters. The molecule has 0 aromatic carbocycles. The number of hydrogen-bond acceptors (Lipinski definition) is 3. The number of piperidine rings is 1. The summed E-state index contributed by atoms with van der Waals surface area (Å²) in [7, 11) is 0. The van der Waals surface area contributed by atoms with Gasteiger partial charge < -0.3 is 10.2 Å². The SMILES string of the molecule is Cc1ccncc1C1CCC(CCNC2CCN(C=O)CC2)CC1. The number of carbonyl (C=O) groups excluding carboxylic acids is 1. The normalized spacial score (nSPS) is 25.6. The van der Waals surface area contributed by atoms with Crippen molar-refractivity contribution in [3.05, 3.63) is 29.6 Å². The summed E-state index contributed by atoms with van der Waals surface area (Å²) in [6, 6.07) is 2.75. The summed E-state index contributed by atoms with van der Waals surface area (Å²) in [4.78, 5) is 16.9. The summed E-state index contributed by atoms with van der Waals surface area (Å²) >= 11 is 0. The smallest absolute Gasteiger partial charge is 0.209 e. The number of amides is 1. The van der Waals surface area contributed by atoms with Gasteiger partial charge in [0.05, 0.1) is 0 Å². The van der Waals surface area contributed by atoms with Crippen molar-refractivity contribution < 1.29 is 4.79 Å². The Morgan fingerprint density at radius 3 is 2.62 bits per heavy atom. The predicted molar refractivity (Wildman–Crippen MR) is 97.0 cm³/mol. The number of nitrogens with one attached hydrogen (secondary N) is 1. The van der Waals surface area contributed by atoms with Gasteiger partial charge >= 0.3 is 0 Å². The molecule has 132 valence electrons. The quantitative estimate of drug-likeness (QED) is 0.815. The molecule has 24 heavy (non-hydrogen) atoms. The molecular formula is C20H31N3O. The Kier molecular flexibility index (Phi) is 6.24. The lowest BCUT2D eigenvalue weighted by molar-refractivity contribution is -0.119. The van der Waals surface area contributed by atoms with E-state index in [-0.39, 0.29) is 0 Å². The lowest BCUT2D eigenvalue weighted by Crippen LogP contribution is -2.42. The average Bonchev–Trinajstić information content (AvgIpc) is 2.63. The molecule has 2 fully saturated rings. The van der Waals surface area contributed by atoms with Gasteiger partial charge in [0.2, 0.25) is 6.41 Å². The predicted octanol–water partition coefficient (Wildman–Crippen LogP) is 3.26. The number of aromatic nitrogens is 1. The van der Waals surface area contributed by atoms with Crippen molar-refractivity contribution in [2.45, 2.75) is 63.8 Å². The minimum Gasteiger partial charge on any atom is -0.345 e. The van der Waals surface area contributed by atoms with Gasteiger partial charge in [0.25, 0.3) is 0 Å². The molecule has 0 bridgehead atoms. The zero-order valence-corrected chi connectivity index (χ0v) is 14.9. The molecule has 0 spiro atoms. The first-order valence-corrected chi connectivity index (χ1v) is 9.59. The highest BCUT2D eigenvalue weighted by molar-refractivity contribution is 5.47. The molecule has 0 unspecified atom stereocenters. The van der Waals surface area contributed by atoms with Gasteiger partial charge in [-0.25, -0.2) is 0 Å². The molecule has 1 aromatic heterocycles. The van der Waals surface area contributed by atoms with Crippen LogP contribution in [0.4, 0.5) is 0 Å². The number of likely N-dealkylation sites (tertiary alicyclic amines) is 1. The van der Waals surface area contributed by atoms with Crippen molar-refractivity contribution in [2.24, 2.45) is 5.92 Å². The van der Waals surface area contributed by atoms with E-state index in [9.17, 15) is 4.79 Å². The first-order chi connectivity index (χ1) is 11.8. The Morgan fingerprint density at radius 2 is 1.96 bits per heavy atom. The molecule has 1 saturated carbocycles. The Labute approximate surface area is 146 Å². The van der Waals surface area contributed by atoms with Crippen molar-refractivity contribution in [1.29, 1.82) is 0 Å². The van der Waals surface area contributed by atoms with Crippen molar-refractivity contribution in [3.63, 3.8) is 0 Å². The van der Waals surface area contributed by atoms with Crippen LogP contribution in [-0.4, -0.2) is 42.0 Å². The molecule has 3 rings (SSSR count). The third-order valence-corrected chi connectivity index (χ3v) is 6.03. The van der Waals surface area contributed by atoms with E-state index in [0.29, 0.717) is 6.04 Å². The van der Waals surface area contributed by atoms with Crippen LogP contribution in [0.15, 0.2) is 18.5 Å². The van der Waals surface area contributed by atoms with Crippen LogP contribution in [0.25, 0.3) is 0 Å². The molecular weight excluding hydrogens is 298 g/mol. The maximum atomic E-state index is 10.7. The van der Waals surface area contributed by atoms with Crippen LogP contribution in [0.2, 0.25) is 0 Å². The highest BCUT2D eigenvalue weighted by Gasteiger charge is 2.24. The van der Waals surface area contributed by atoms with Gasteiger partial charge in [0.15, 0.2) is 0 Å². The summed E-state index contributed by atoms with van der Waals surface area (Å²) in [6.07, 6.45) is 13.8. The van der Waals surface area contributed by atoms with Crippen LogP contribution in [0.1, 0.15) is 62.0 Å². The highest BCUT2D eigenvalue weighted by atomic mass is 16.1. The van der Waals surface area contributed by atoms with Crippen LogP contribution < -0.4 is 5.32 Å². The topological polar surface area (TPSA) is 45.2 Å². The number of hydrogen-bond donors (Lipinski definition) is 1. The molecule has 1 N–H and O–H groups in total. The van der Waals surface area contributed by atoms with E-state index in [1.54, 1.807) is 0 Å². The summed E-state index contributed by atoms with van der Waals surface area (Å²) in [5.41, 5.74) is 2.87. The van der Waals surface area contributed by atoms with E-state index >= 15 is 0 Å². The third kappa shape index (κ3) is 4.56. The Morgan fingerprint density at radius 1 is 1.21 bits per heavy atom. The maximum Gasteiger partial charge on any atom is 0.209 e. The van der Waals surface area contributed by atoms with Crippen LogP contribution in [0.5, 0.6) is 0 Å². The first kappa shape index (κ1) is 17.4. The van der Waals surface area contributed by atoms with Crippen LogP contribution in [-0.2, 0) is 4.79 Å². The lowest BCUT2D eigenvalue weighted by Gasteiger charge is -2.32. The summed E-state index contributed by atoms with van der Waals surface area (Å²) in [5, 5.41) is 3.71. The zero-order chi connectivity index (χ0) is 16.8. The van der Waals surface area contributed by atoms with Gasteiger partial charge in [-0.3, -0.25) is 9.78 Å². The van der Waals surface area contributed by atoms with Gasteiger partial charge in [-0.1, -0.05) is 0 Å². The van der Waals surface area contributed by atoms with E-state index in [1.807, 2.05) is 11.1 Å². The third-order valence-electron chi connectivity index (χ3n) is 6.03. The van der Waals surface area contributed by atoms with Gasteiger partial charge in [-0.05, 0) is 87.4 Å². The van der Waals surface area contributed by atoms with Crippen molar-refractivity contribution >= 4 is 6.41 Å². The van der Waals surface area contributed by atoms with Crippen molar-refractivity contribution in [2.75, 3.05) is 19.6 Å². The molecule has 2 aliphatic rings. The van der Waals surface area contributed by atoms with E-state index < -0.39 is 0 Å². The molecule has 1 aromatic rings. The summed E-state index contributed by atoms with van der Waals surface area (Å²) < 4.78 is 0. The second-order valence-electron chi connectivity index (χ2n) is 7.61. The minimum atomic E-state index is 0.607. The molecule has 1 amide bonds. The molecule has 1 aliphatic heterocycles. The van der Waals surface area contributed by atoms with Crippen LogP contribution in [0.3, 0.4) is 0 Å². The van der Waals surface area contributed by atoms with Gasteiger partial charge in [0.1, 0.15) is 0 Å². The van der Waals surface area contributed by atoms with Gasteiger partial charge in [-0.2, -0.15) is 0 Å². The molecule has 2 heterocycles. The minimum absolute atomic E-state index is 0.607. The van der Waals surface area contributed by atoms with E-state index in [4.69, 9.17) is 0 Å². The molecule has 0 radical (unpaired) electrons. The average molecular weight is 329 g/mol. The van der Waals surface area contributed by atoms with Crippen molar-refractivity contribution in [1.82, 2.24) is 15.2 Å². The number of carbonyl (C=O) groups is 1. The van der Waals surface area contributed by atoms with Gasteiger partial charge in [-0.15, -0.1) is 0 Å². The number of nitrogens with zero attached hydrogens (tertiary/aromatic N) is 2. The van der Waals surface area contributed by atoms with E-state index in [2.05, 4.69) is 29.5 Å². The second kappa shape index (κ2) is 8.61. The number of pyridine rings is 1. The van der Waals surface area contributed by atoms with E-state index in [0.717, 1.165) is 50.7 Å². The maximum absolute atomic E-state index is 10.7. The second-order valence-corrected chi connectivity index (χ2v) is 7.61.